The number of aliphatic imine (C=N–C) groups is 1. The van der Waals surface area contributed by atoms with Crippen molar-refractivity contribution >= 4 is 29.5 Å². The van der Waals surface area contributed by atoms with E-state index in [-0.39, 0.29) is 37.7 Å². The summed E-state index contributed by atoms with van der Waals surface area (Å²) in [6, 6.07) is 7.47. The molecular formula is C27H40FN5O5. The molecule has 1 saturated heterocycles. The minimum atomic E-state index is -1.17. The number of guanidine groups is 1. The van der Waals surface area contributed by atoms with Gasteiger partial charge in [0.2, 0.25) is 5.91 Å². The fourth-order valence-electron chi connectivity index (χ4n) is 4.47. The average molecular weight is 534 g/mol. The molecule has 1 aromatic carbocycles. The number of Topliss-reactive ketones (excluding diaryl/α,β-unsaturated/α-hetero) is 2. The maximum atomic E-state index is 13.6. The molecule has 10 nitrogen and oxygen atoms in total. The Morgan fingerprint density at radius 1 is 1.18 bits per heavy atom. The van der Waals surface area contributed by atoms with Crippen LogP contribution in [0.3, 0.4) is 0 Å². The van der Waals surface area contributed by atoms with Gasteiger partial charge in [0.05, 0.1) is 6.04 Å². The van der Waals surface area contributed by atoms with Gasteiger partial charge in [-0.05, 0) is 36.7 Å². The molecule has 1 aliphatic heterocycles. The standard InChI is InChI=1S/C27H40FN5O5/c1-27(2,3)23(32-26(37)38-17-18-9-5-4-6-10-18)24(36)33-14-8-12-20(33)21(34)15-19(22(35)16-28)11-7-13-31-25(29)30/h4-6,9-10,19-20,23H,7-8,11-17H2,1-3H3,(H,32,37)(H4,29,30,31)/t19-,20+,23-/m1/s1. The molecule has 38 heavy (non-hydrogen) atoms. The summed E-state index contributed by atoms with van der Waals surface area (Å²) in [4.78, 5) is 56.9. The fraction of sp³-hybridized carbons (Fsp3) is 0.593. The normalized spacial score (nSPS) is 16.8. The number of ether oxygens (including phenoxy) is 1. The summed E-state index contributed by atoms with van der Waals surface area (Å²) in [6.07, 6.45) is 0.792. The number of amides is 2. The first-order valence-corrected chi connectivity index (χ1v) is 12.9. The second-order valence-electron chi connectivity index (χ2n) is 10.6. The molecule has 0 spiro atoms. The Morgan fingerprint density at radius 2 is 1.87 bits per heavy atom. The number of nitrogens with zero attached hydrogens (tertiary/aromatic N) is 2. The molecule has 1 fully saturated rings. The van der Waals surface area contributed by atoms with Gasteiger partial charge in [-0.15, -0.1) is 0 Å². The van der Waals surface area contributed by atoms with E-state index >= 15 is 0 Å². The smallest absolute Gasteiger partial charge is 0.408 e. The molecule has 210 valence electrons. The van der Waals surface area contributed by atoms with Crippen molar-refractivity contribution in [3.63, 3.8) is 0 Å². The summed E-state index contributed by atoms with van der Waals surface area (Å²) in [6.45, 7) is 4.92. The van der Waals surface area contributed by atoms with Crippen molar-refractivity contribution in [3.05, 3.63) is 35.9 Å². The number of carbonyl (C=O) groups excluding carboxylic acids is 4. The Hall–Kier alpha value is -3.50. The van der Waals surface area contributed by atoms with E-state index in [1.54, 1.807) is 0 Å². The quantitative estimate of drug-likeness (QED) is 0.200. The van der Waals surface area contributed by atoms with E-state index in [0.29, 0.717) is 25.8 Å². The fourth-order valence-corrected chi connectivity index (χ4v) is 4.47. The Bertz CT molecular complexity index is 991. The highest BCUT2D eigenvalue weighted by atomic mass is 19.1. The van der Waals surface area contributed by atoms with E-state index in [4.69, 9.17) is 16.2 Å². The van der Waals surface area contributed by atoms with Crippen molar-refractivity contribution in [1.82, 2.24) is 10.2 Å². The highest BCUT2D eigenvalue weighted by Crippen LogP contribution is 2.28. The zero-order valence-corrected chi connectivity index (χ0v) is 22.5. The van der Waals surface area contributed by atoms with Crippen LogP contribution in [0.15, 0.2) is 35.3 Å². The maximum Gasteiger partial charge on any atom is 0.408 e. The summed E-state index contributed by atoms with van der Waals surface area (Å²) < 4.78 is 18.5. The highest BCUT2D eigenvalue weighted by molar-refractivity contribution is 5.95. The van der Waals surface area contributed by atoms with Crippen LogP contribution in [0.5, 0.6) is 0 Å². The van der Waals surface area contributed by atoms with Crippen LogP contribution in [0.1, 0.15) is 58.4 Å². The maximum absolute atomic E-state index is 13.6. The SMILES string of the molecule is CC(C)(C)[C@H](NC(=O)OCc1ccccc1)C(=O)N1CCC[C@H]1C(=O)C[C@@H](CCCN=C(N)N)C(=O)CF. The average Bonchev–Trinajstić information content (AvgIpc) is 3.37. The number of hydrogen-bond donors (Lipinski definition) is 3. The lowest BCUT2D eigenvalue weighted by Gasteiger charge is -2.35. The van der Waals surface area contributed by atoms with Crippen LogP contribution < -0.4 is 16.8 Å². The second-order valence-corrected chi connectivity index (χ2v) is 10.6. The summed E-state index contributed by atoms with van der Waals surface area (Å²) >= 11 is 0. The van der Waals surface area contributed by atoms with Crippen LogP contribution in [-0.2, 0) is 25.7 Å². The van der Waals surface area contributed by atoms with Gasteiger partial charge in [0.25, 0.3) is 0 Å². The number of hydrogen-bond acceptors (Lipinski definition) is 6. The van der Waals surface area contributed by atoms with Crippen molar-refractivity contribution in [2.45, 2.75) is 71.6 Å². The lowest BCUT2D eigenvalue weighted by atomic mass is 9.85. The molecular weight excluding hydrogens is 493 g/mol. The molecule has 0 saturated carbocycles. The van der Waals surface area contributed by atoms with Crippen molar-refractivity contribution in [1.29, 1.82) is 0 Å². The number of rotatable bonds is 13. The van der Waals surface area contributed by atoms with Gasteiger partial charge in [0, 0.05) is 25.4 Å². The first-order valence-electron chi connectivity index (χ1n) is 12.9. The van der Waals surface area contributed by atoms with Crippen LogP contribution in [0, 0.1) is 11.3 Å². The van der Waals surface area contributed by atoms with Crippen LogP contribution in [0.4, 0.5) is 9.18 Å². The largest absolute Gasteiger partial charge is 0.445 e. The Labute approximate surface area is 223 Å². The van der Waals surface area contributed by atoms with Gasteiger partial charge in [-0.1, -0.05) is 51.1 Å². The molecule has 11 heteroatoms. The van der Waals surface area contributed by atoms with Crippen molar-refractivity contribution < 1.29 is 28.3 Å². The number of benzene rings is 1. The number of nitrogens with two attached hydrogens (primary N) is 2. The van der Waals surface area contributed by atoms with Crippen LogP contribution in [0.25, 0.3) is 0 Å². The van der Waals surface area contributed by atoms with E-state index < -0.39 is 47.9 Å². The third kappa shape index (κ3) is 9.42. The van der Waals surface area contributed by atoms with Gasteiger partial charge in [-0.2, -0.15) is 0 Å². The highest BCUT2D eigenvalue weighted by Gasteiger charge is 2.42. The predicted molar refractivity (Wildman–Crippen MR) is 142 cm³/mol. The molecule has 0 aromatic heterocycles. The summed E-state index contributed by atoms with van der Waals surface area (Å²) in [5, 5.41) is 2.67. The minimum absolute atomic E-state index is 0.0513. The molecule has 1 aromatic rings. The molecule has 0 unspecified atom stereocenters. The van der Waals surface area contributed by atoms with Crippen molar-refractivity contribution in [2.75, 3.05) is 19.8 Å². The Kier molecular flexibility index (Phi) is 11.7. The van der Waals surface area contributed by atoms with Gasteiger partial charge < -0.3 is 26.4 Å². The van der Waals surface area contributed by atoms with E-state index in [1.165, 1.54) is 4.90 Å². The van der Waals surface area contributed by atoms with Gasteiger partial charge in [0.1, 0.15) is 19.3 Å². The molecule has 2 amide bonds. The zero-order chi connectivity index (χ0) is 28.3. The summed E-state index contributed by atoms with van der Waals surface area (Å²) in [5.74, 6) is -2.26. The van der Waals surface area contributed by atoms with E-state index in [1.807, 2.05) is 51.1 Å². The molecule has 2 rings (SSSR count). The number of carbonyl (C=O) groups is 4. The number of halogens is 1. The molecule has 0 aliphatic carbocycles. The monoisotopic (exact) mass is 533 g/mol. The molecule has 3 atom stereocenters. The number of ketones is 2. The van der Waals surface area contributed by atoms with Crippen LogP contribution in [-0.4, -0.2) is 66.3 Å². The van der Waals surface area contributed by atoms with E-state index in [2.05, 4.69) is 10.3 Å². The Morgan fingerprint density at radius 3 is 2.47 bits per heavy atom. The molecule has 1 aliphatic rings. The van der Waals surface area contributed by atoms with Gasteiger partial charge >= 0.3 is 6.09 Å². The molecule has 1 heterocycles. The predicted octanol–water partition coefficient (Wildman–Crippen LogP) is 2.49. The van der Waals surface area contributed by atoms with Crippen molar-refractivity contribution in [2.24, 2.45) is 27.8 Å². The van der Waals surface area contributed by atoms with Gasteiger partial charge in [0.15, 0.2) is 17.5 Å². The third-order valence-corrected chi connectivity index (χ3v) is 6.54. The number of alkyl carbamates (subject to hydrolysis) is 1. The number of likely N-dealkylation sites (tertiary alicyclic amines) is 1. The van der Waals surface area contributed by atoms with E-state index in [0.717, 1.165) is 5.56 Å². The topological polar surface area (TPSA) is 157 Å². The zero-order valence-electron chi connectivity index (χ0n) is 22.5. The third-order valence-electron chi connectivity index (χ3n) is 6.54. The lowest BCUT2D eigenvalue weighted by Crippen LogP contribution is -2.56. The lowest BCUT2D eigenvalue weighted by molar-refractivity contribution is -0.142. The van der Waals surface area contributed by atoms with Gasteiger partial charge in [-0.3, -0.25) is 19.4 Å². The first-order chi connectivity index (χ1) is 17.9. The molecule has 0 bridgehead atoms. The molecule has 0 radical (unpaired) electrons. The number of nitrogens with one attached hydrogen (secondary N) is 1. The minimum Gasteiger partial charge on any atom is -0.445 e. The first kappa shape index (κ1) is 30.7. The molecule has 5 N–H and O–H groups in total. The van der Waals surface area contributed by atoms with E-state index in [9.17, 15) is 23.6 Å². The van der Waals surface area contributed by atoms with Crippen LogP contribution in [0.2, 0.25) is 0 Å². The summed E-state index contributed by atoms with van der Waals surface area (Å²) in [7, 11) is 0. The van der Waals surface area contributed by atoms with Gasteiger partial charge in [-0.25, -0.2) is 9.18 Å². The number of alkyl halides is 1. The summed E-state index contributed by atoms with van der Waals surface area (Å²) in [5.41, 5.74) is 10.7. The van der Waals surface area contributed by atoms with Crippen LogP contribution >= 0.6 is 0 Å². The second kappa shape index (κ2) is 14.4. The van der Waals surface area contributed by atoms with Crippen molar-refractivity contribution in [3.8, 4) is 0 Å². The Balaban J connectivity index is 2.07.